The van der Waals surface area contributed by atoms with Gasteiger partial charge in [-0.25, -0.2) is 4.79 Å². The number of methoxy groups -OCH3 is 1. The van der Waals surface area contributed by atoms with Gasteiger partial charge in [-0.15, -0.1) is 0 Å². The van der Waals surface area contributed by atoms with Crippen molar-refractivity contribution in [3.8, 4) is 11.5 Å². The van der Waals surface area contributed by atoms with E-state index in [4.69, 9.17) is 46.8 Å². The highest BCUT2D eigenvalue weighted by molar-refractivity contribution is 6.32. The van der Waals surface area contributed by atoms with E-state index in [0.29, 0.717) is 70.5 Å². The first kappa shape index (κ1) is 35.1. The molecule has 2 fully saturated rings. The topological polar surface area (TPSA) is 101 Å². The van der Waals surface area contributed by atoms with Crippen LogP contribution in [0.2, 0.25) is 10.0 Å². The fourth-order valence-corrected chi connectivity index (χ4v) is 7.15. The van der Waals surface area contributed by atoms with E-state index in [1.807, 2.05) is 56.3 Å². The van der Waals surface area contributed by atoms with Crippen molar-refractivity contribution in [3.63, 3.8) is 0 Å². The van der Waals surface area contributed by atoms with Gasteiger partial charge in [0.25, 0.3) is 6.01 Å². The molecule has 3 aromatic carbocycles. The summed E-state index contributed by atoms with van der Waals surface area (Å²) in [5.41, 5.74) is 4.45. The van der Waals surface area contributed by atoms with Gasteiger partial charge in [0.05, 0.1) is 41.6 Å². The zero-order valence-corrected chi connectivity index (χ0v) is 29.9. The first-order valence-corrected chi connectivity index (χ1v) is 17.9. The summed E-state index contributed by atoms with van der Waals surface area (Å²) >= 11 is 12.9. The average molecular weight is 711 g/mol. The summed E-state index contributed by atoms with van der Waals surface area (Å²) in [4.78, 5) is 23.1. The van der Waals surface area contributed by atoms with Crippen LogP contribution in [0.1, 0.15) is 61.0 Å². The Morgan fingerprint density at radius 2 is 1.35 bits per heavy atom. The van der Waals surface area contributed by atoms with Gasteiger partial charge in [-0.1, -0.05) is 35.3 Å². The van der Waals surface area contributed by atoms with Gasteiger partial charge in [0.15, 0.2) is 5.58 Å². The number of ether oxygens (including phenoxy) is 3. The Kier molecular flexibility index (Phi) is 11.7. The predicted octanol–water partition coefficient (Wildman–Crippen LogP) is 7.24. The number of carbonyl (C=O) groups is 1. The van der Waals surface area contributed by atoms with E-state index in [1.54, 1.807) is 6.07 Å². The van der Waals surface area contributed by atoms with Gasteiger partial charge in [0, 0.05) is 25.2 Å². The number of halogens is 2. The van der Waals surface area contributed by atoms with Gasteiger partial charge in [0.1, 0.15) is 17.0 Å². The largest absolute Gasteiger partial charge is 0.492 e. The monoisotopic (exact) mass is 709 g/mol. The fourth-order valence-electron chi connectivity index (χ4n) is 6.80. The highest BCUT2D eigenvalue weighted by Gasteiger charge is 2.30. The predicted molar refractivity (Wildman–Crippen MR) is 195 cm³/mol. The standard InChI is InChI=1S/C37H45Cl2N5O5/c1-4-47-33-18-24(6-8-29(33)38)22-43(26-10-14-40-15-11-26)32-21-31-35(20-28(32)36(45)46-3)49-37(42-31)44(27-12-16-41-17-13-27)23-25-7-9-30(39)34(19-25)48-5-2/h6-9,18-21,26-27,40-41H,4-5,10-17,22-23H2,1-3H3. The number of esters is 1. The highest BCUT2D eigenvalue weighted by Crippen LogP contribution is 2.37. The van der Waals surface area contributed by atoms with Crippen LogP contribution in [-0.4, -0.2) is 69.5 Å². The molecule has 2 aliphatic heterocycles. The van der Waals surface area contributed by atoms with Crippen molar-refractivity contribution >= 4 is 52.0 Å². The number of aromatic nitrogens is 1. The van der Waals surface area contributed by atoms with E-state index in [-0.39, 0.29) is 12.1 Å². The summed E-state index contributed by atoms with van der Waals surface area (Å²) in [7, 11) is 1.41. The number of nitrogens with zero attached hydrogens (tertiary/aromatic N) is 3. The Hall–Kier alpha value is -3.70. The minimum atomic E-state index is -0.431. The molecule has 0 aliphatic carbocycles. The van der Waals surface area contributed by atoms with E-state index in [2.05, 4.69) is 20.4 Å². The second-order valence-electron chi connectivity index (χ2n) is 12.4. The lowest BCUT2D eigenvalue weighted by Crippen LogP contribution is -2.43. The van der Waals surface area contributed by atoms with Crippen LogP contribution in [0.5, 0.6) is 11.5 Å². The molecule has 0 atom stereocenters. The highest BCUT2D eigenvalue weighted by atomic mass is 35.5. The quantitative estimate of drug-likeness (QED) is 0.138. The minimum Gasteiger partial charge on any atom is -0.492 e. The Balaban J connectivity index is 1.42. The third-order valence-corrected chi connectivity index (χ3v) is 9.88. The minimum absolute atomic E-state index is 0.176. The van der Waals surface area contributed by atoms with Crippen molar-refractivity contribution in [1.29, 1.82) is 0 Å². The number of hydrogen-bond acceptors (Lipinski definition) is 10. The summed E-state index contributed by atoms with van der Waals surface area (Å²) in [5, 5.41) is 8.08. The Morgan fingerprint density at radius 1 is 0.816 bits per heavy atom. The summed E-state index contributed by atoms with van der Waals surface area (Å²) in [6.45, 7) is 9.61. The number of rotatable bonds is 13. The lowest BCUT2D eigenvalue weighted by atomic mass is 10.0. The Bertz CT molecular complexity index is 1740. The molecule has 4 aromatic rings. The van der Waals surface area contributed by atoms with Crippen LogP contribution in [0.25, 0.3) is 11.1 Å². The summed E-state index contributed by atoms with van der Waals surface area (Å²) in [6, 6.07) is 16.4. The molecular formula is C37H45Cl2N5O5. The summed E-state index contributed by atoms with van der Waals surface area (Å²) < 4.78 is 23.4. The molecule has 3 heterocycles. The van der Waals surface area contributed by atoms with Gasteiger partial charge >= 0.3 is 5.97 Å². The maximum atomic E-state index is 13.4. The van der Waals surface area contributed by atoms with Gasteiger partial charge in [-0.05, 0) is 113 Å². The SMILES string of the molecule is CCOc1cc(CN(c2nc3cc(N(Cc4ccc(Cl)c(OCC)c4)C4CCNCC4)c(C(=O)OC)cc3o2)C2CCNCC2)ccc1Cl. The molecule has 0 saturated carbocycles. The Morgan fingerprint density at radius 3 is 1.88 bits per heavy atom. The smallest absolute Gasteiger partial charge is 0.340 e. The van der Waals surface area contributed by atoms with E-state index in [9.17, 15) is 4.79 Å². The molecule has 0 spiro atoms. The first-order chi connectivity index (χ1) is 23.9. The third kappa shape index (κ3) is 8.20. The van der Waals surface area contributed by atoms with E-state index >= 15 is 0 Å². The van der Waals surface area contributed by atoms with Crippen LogP contribution in [0.3, 0.4) is 0 Å². The molecule has 1 aromatic heterocycles. The van der Waals surface area contributed by atoms with Crippen LogP contribution in [-0.2, 0) is 17.8 Å². The first-order valence-electron chi connectivity index (χ1n) is 17.2. The lowest BCUT2D eigenvalue weighted by molar-refractivity contribution is 0.0601. The number of piperidine rings is 2. The van der Waals surface area contributed by atoms with Gasteiger partial charge in [-0.2, -0.15) is 4.98 Å². The molecule has 10 nitrogen and oxygen atoms in total. The van der Waals surface area contributed by atoms with E-state index in [1.165, 1.54) is 7.11 Å². The molecule has 262 valence electrons. The number of oxazole rings is 1. The van der Waals surface area contributed by atoms with Gasteiger partial charge in [-0.3, -0.25) is 0 Å². The molecule has 2 N–H and O–H groups in total. The molecule has 0 radical (unpaired) electrons. The molecule has 0 amide bonds. The van der Waals surface area contributed by atoms with Gasteiger partial charge < -0.3 is 39.1 Å². The zero-order valence-electron chi connectivity index (χ0n) is 28.4. The van der Waals surface area contributed by atoms with E-state index < -0.39 is 5.97 Å². The number of anilines is 2. The number of fused-ring (bicyclic) bond motifs is 1. The number of nitrogens with one attached hydrogen (secondary N) is 2. The maximum absolute atomic E-state index is 13.4. The second kappa shape index (κ2) is 16.3. The molecule has 12 heteroatoms. The van der Waals surface area contributed by atoms with Crippen molar-refractivity contribution in [2.75, 3.05) is 56.3 Å². The van der Waals surface area contributed by atoms with Crippen LogP contribution in [0.15, 0.2) is 52.9 Å². The van der Waals surface area contributed by atoms with Crippen LogP contribution in [0, 0.1) is 0 Å². The molecule has 2 saturated heterocycles. The summed E-state index contributed by atoms with van der Waals surface area (Å²) in [6.07, 6.45) is 3.72. The van der Waals surface area contributed by atoms with Crippen LogP contribution >= 0.6 is 23.2 Å². The maximum Gasteiger partial charge on any atom is 0.340 e. The normalized spacial score (nSPS) is 15.7. The van der Waals surface area contributed by atoms with Crippen LogP contribution < -0.4 is 29.9 Å². The van der Waals surface area contributed by atoms with Gasteiger partial charge in [0.2, 0.25) is 0 Å². The summed E-state index contributed by atoms with van der Waals surface area (Å²) in [5.74, 6) is 0.868. The second-order valence-corrected chi connectivity index (χ2v) is 13.3. The zero-order chi connectivity index (χ0) is 34.3. The molecule has 0 unspecified atom stereocenters. The number of carbonyl (C=O) groups excluding carboxylic acids is 1. The average Bonchev–Trinajstić information content (AvgIpc) is 3.55. The molecule has 49 heavy (non-hydrogen) atoms. The molecule has 2 aliphatic rings. The van der Waals surface area contributed by atoms with E-state index in [0.717, 1.165) is 68.7 Å². The van der Waals surface area contributed by atoms with Crippen molar-refractivity contribution in [1.82, 2.24) is 15.6 Å². The Labute approximate surface area is 298 Å². The van der Waals surface area contributed by atoms with Crippen molar-refractivity contribution in [2.45, 2.75) is 64.7 Å². The molecular weight excluding hydrogens is 665 g/mol. The molecule has 6 rings (SSSR count). The van der Waals surface area contributed by atoms with Crippen molar-refractivity contribution < 1.29 is 23.4 Å². The van der Waals surface area contributed by atoms with Crippen molar-refractivity contribution in [3.05, 3.63) is 75.3 Å². The molecule has 0 bridgehead atoms. The van der Waals surface area contributed by atoms with Crippen molar-refractivity contribution in [2.24, 2.45) is 0 Å². The fraction of sp³-hybridized carbons (Fsp3) is 0.459. The number of hydrogen-bond donors (Lipinski definition) is 2. The third-order valence-electron chi connectivity index (χ3n) is 9.25. The lowest BCUT2D eigenvalue weighted by Gasteiger charge is -2.37. The van der Waals surface area contributed by atoms with Crippen LogP contribution in [0.4, 0.5) is 11.7 Å². The number of benzene rings is 3.